The van der Waals surface area contributed by atoms with Crippen molar-refractivity contribution in [2.75, 3.05) is 6.54 Å². The molecule has 4 rings (SSSR count). The van der Waals surface area contributed by atoms with Crippen molar-refractivity contribution in [3.8, 4) is 0 Å². The zero-order valence-electron chi connectivity index (χ0n) is 15.5. The van der Waals surface area contributed by atoms with Gasteiger partial charge in [-0.2, -0.15) is 0 Å². The Morgan fingerprint density at radius 1 is 0.893 bits per heavy atom. The lowest BCUT2D eigenvalue weighted by Gasteiger charge is -2.07. The lowest BCUT2D eigenvalue weighted by molar-refractivity contribution is 0.626. The third-order valence-electron chi connectivity index (χ3n) is 4.98. The maximum Gasteiger partial charge on any atom is 0.124 e. The molecule has 0 bridgehead atoms. The molecule has 0 spiro atoms. The van der Waals surface area contributed by atoms with Gasteiger partial charge in [0.2, 0.25) is 0 Å². The number of hydrogen-bond donors (Lipinski definition) is 1. The minimum atomic E-state index is -0.311. The third kappa shape index (κ3) is 4.27. The van der Waals surface area contributed by atoms with Gasteiger partial charge in [0.1, 0.15) is 5.82 Å². The molecular weight excluding hydrogens is 371 g/mol. The van der Waals surface area contributed by atoms with Crippen LogP contribution in [0.25, 0.3) is 10.9 Å². The van der Waals surface area contributed by atoms with Gasteiger partial charge in [-0.3, -0.25) is 0 Å². The molecule has 0 aliphatic rings. The number of hydrogen-bond acceptors (Lipinski definition) is 1. The number of para-hydroxylation sites is 1. The minimum absolute atomic E-state index is 0.311. The van der Waals surface area contributed by atoms with Gasteiger partial charge >= 0.3 is 0 Å². The van der Waals surface area contributed by atoms with Gasteiger partial charge in [-0.1, -0.05) is 66.2 Å². The zero-order valence-corrected chi connectivity index (χ0v) is 16.3. The van der Waals surface area contributed by atoms with Gasteiger partial charge in [0, 0.05) is 35.2 Å². The van der Waals surface area contributed by atoms with Gasteiger partial charge in [0.15, 0.2) is 0 Å². The van der Waals surface area contributed by atoms with Gasteiger partial charge in [-0.05, 0) is 47.9 Å². The molecule has 142 valence electrons. The van der Waals surface area contributed by atoms with Gasteiger partial charge in [0.05, 0.1) is 0 Å². The van der Waals surface area contributed by atoms with Crippen molar-refractivity contribution < 1.29 is 4.39 Å². The maximum absolute atomic E-state index is 13.3. The molecule has 0 unspecified atom stereocenters. The number of benzene rings is 3. The van der Waals surface area contributed by atoms with E-state index in [-0.39, 0.29) is 5.82 Å². The van der Waals surface area contributed by atoms with Crippen LogP contribution in [-0.4, -0.2) is 11.1 Å². The number of aromatic nitrogens is 1. The molecule has 0 atom stereocenters. The predicted octanol–water partition coefficient (Wildman–Crippen LogP) is 5.81. The molecular formula is C24H22ClFN2. The van der Waals surface area contributed by atoms with Crippen molar-refractivity contribution >= 4 is 22.5 Å². The fourth-order valence-corrected chi connectivity index (χ4v) is 3.76. The SMILES string of the molecule is Fc1ccc(Cn2cc(CNCCc3ccccc3)c3ccccc32)c(Cl)c1. The first kappa shape index (κ1) is 18.7. The van der Waals surface area contributed by atoms with E-state index >= 15 is 0 Å². The van der Waals surface area contributed by atoms with Crippen molar-refractivity contribution in [2.24, 2.45) is 0 Å². The summed E-state index contributed by atoms with van der Waals surface area (Å²) in [5, 5.41) is 5.24. The first-order valence-corrected chi connectivity index (χ1v) is 9.84. The molecule has 0 aliphatic carbocycles. The van der Waals surface area contributed by atoms with Crippen molar-refractivity contribution in [2.45, 2.75) is 19.5 Å². The van der Waals surface area contributed by atoms with Crippen molar-refractivity contribution in [3.63, 3.8) is 0 Å². The average molecular weight is 393 g/mol. The molecule has 0 fully saturated rings. The van der Waals surface area contributed by atoms with E-state index in [9.17, 15) is 4.39 Å². The Labute approximate surface area is 169 Å². The van der Waals surface area contributed by atoms with Crippen LogP contribution in [0, 0.1) is 5.82 Å². The Morgan fingerprint density at radius 2 is 1.68 bits per heavy atom. The summed E-state index contributed by atoms with van der Waals surface area (Å²) in [6.07, 6.45) is 3.17. The van der Waals surface area contributed by atoms with Crippen LogP contribution in [0.4, 0.5) is 4.39 Å². The largest absolute Gasteiger partial charge is 0.343 e. The maximum atomic E-state index is 13.3. The number of fused-ring (bicyclic) bond motifs is 1. The second kappa shape index (κ2) is 8.59. The number of rotatable bonds is 7. The van der Waals surface area contributed by atoms with E-state index in [1.165, 1.54) is 28.6 Å². The summed E-state index contributed by atoms with van der Waals surface area (Å²) in [4.78, 5) is 0. The second-order valence-corrected chi connectivity index (χ2v) is 7.35. The fourth-order valence-electron chi connectivity index (χ4n) is 3.53. The topological polar surface area (TPSA) is 17.0 Å². The van der Waals surface area contributed by atoms with E-state index < -0.39 is 0 Å². The summed E-state index contributed by atoms with van der Waals surface area (Å²) in [5.74, 6) is -0.311. The minimum Gasteiger partial charge on any atom is -0.343 e. The first-order chi connectivity index (χ1) is 13.7. The van der Waals surface area contributed by atoms with Crippen LogP contribution in [0.3, 0.4) is 0 Å². The summed E-state index contributed by atoms with van der Waals surface area (Å²) in [6, 6.07) is 23.4. The Morgan fingerprint density at radius 3 is 2.50 bits per heavy atom. The molecule has 4 heteroatoms. The molecule has 28 heavy (non-hydrogen) atoms. The van der Waals surface area contributed by atoms with E-state index in [2.05, 4.69) is 58.5 Å². The van der Waals surface area contributed by atoms with Crippen LogP contribution in [0.5, 0.6) is 0 Å². The van der Waals surface area contributed by atoms with Gasteiger partial charge < -0.3 is 9.88 Å². The molecule has 1 heterocycles. The highest BCUT2D eigenvalue weighted by molar-refractivity contribution is 6.31. The lowest BCUT2D eigenvalue weighted by atomic mass is 10.1. The van der Waals surface area contributed by atoms with Crippen molar-refractivity contribution in [3.05, 3.63) is 107 Å². The molecule has 2 nitrogen and oxygen atoms in total. The van der Waals surface area contributed by atoms with Crippen molar-refractivity contribution in [1.82, 2.24) is 9.88 Å². The molecule has 0 amide bonds. The van der Waals surface area contributed by atoms with E-state index in [1.54, 1.807) is 6.07 Å². The highest BCUT2D eigenvalue weighted by atomic mass is 35.5. The summed E-state index contributed by atoms with van der Waals surface area (Å²) in [6.45, 7) is 2.34. The van der Waals surface area contributed by atoms with Crippen LogP contribution in [0.1, 0.15) is 16.7 Å². The van der Waals surface area contributed by atoms with E-state index in [1.807, 2.05) is 12.1 Å². The summed E-state index contributed by atoms with van der Waals surface area (Å²) in [7, 11) is 0. The summed E-state index contributed by atoms with van der Waals surface area (Å²) in [5.41, 5.74) is 4.65. The molecule has 0 saturated carbocycles. The lowest BCUT2D eigenvalue weighted by Crippen LogP contribution is -2.16. The summed E-state index contributed by atoms with van der Waals surface area (Å²) < 4.78 is 15.5. The van der Waals surface area contributed by atoms with Crippen LogP contribution in [-0.2, 0) is 19.5 Å². The predicted molar refractivity (Wildman–Crippen MR) is 114 cm³/mol. The number of nitrogens with one attached hydrogen (secondary N) is 1. The Kier molecular flexibility index (Phi) is 5.75. The van der Waals surface area contributed by atoms with E-state index in [0.717, 1.165) is 30.6 Å². The normalized spacial score (nSPS) is 11.2. The van der Waals surface area contributed by atoms with Gasteiger partial charge in [-0.15, -0.1) is 0 Å². The highest BCUT2D eigenvalue weighted by Crippen LogP contribution is 2.25. The Bertz CT molecular complexity index is 1070. The quantitative estimate of drug-likeness (QED) is 0.392. The molecule has 0 saturated heterocycles. The molecule has 3 aromatic carbocycles. The Hall–Kier alpha value is -2.62. The van der Waals surface area contributed by atoms with Crippen LogP contribution in [0.2, 0.25) is 5.02 Å². The van der Waals surface area contributed by atoms with Gasteiger partial charge in [0.25, 0.3) is 0 Å². The smallest absolute Gasteiger partial charge is 0.124 e. The van der Waals surface area contributed by atoms with Crippen LogP contribution < -0.4 is 5.32 Å². The summed E-state index contributed by atoms with van der Waals surface area (Å²) >= 11 is 6.23. The number of nitrogens with zero attached hydrogens (tertiary/aromatic N) is 1. The van der Waals surface area contributed by atoms with Gasteiger partial charge in [-0.25, -0.2) is 4.39 Å². The molecule has 4 aromatic rings. The Balaban J connectivity index is 1.49. The monoisotopic (exact) mass is 392 g/mol. The molecule has 1 aromatic heterocycles. The first-order valence-electron chi connectivity index (χ1n) is 9.46. The molecule has 0 radical (unpaired) electrons. The second-order valence-electron chi connectivity index (χ2n) is 6.95. The standard InChI is InChI=1S/C24H22ClFN2/c25-23-14-21(26)11-10-19(23)16-28-17-20(22-8-4-5-9-24(22)28)15-27-13-12-18-6-2-1-3-7-18/h1-11,14,17,27H,12-13,15-16H2. The van der Waals surface area contributed by atoms with Crippen LogP contribution in [0.15, 0.2) is 79.0 Å². The average Bonchev–Trinajstić information content (AvgIpc) is 3.06. The van der Waals surface area contributed by atoms with E-state index in [4.69, 9.17) is 11.6 Å². The van der Waals surface area contributed by atoms with Crippen molar-refractivity contribution in [1.29, 1.82) is 0 Å². The fraction of sp³-hybridized carbons (Fsp3) is 0.167. The van der Waals surface area contributed by atoms with E-state index in [0.29, 0.717) is 11.6 Å². The third-order valence-corrected chi connectivity index (χ3v) is 5.33. The molecule has 0 aliphatic heterocycles. The zero-order chi connectivity index (χ0) is 19.3. The number of halogens is 2. The molecule has 1 N–H and O–H groups in total. The van der Waals surface area contributed by atoms with Crippen LogP contribution >= 0.6 is 11.6 Å². The highest BCUT2D eigenvalue weighted by Gasteiger charge is 2.10.